The number of likely N-dealkylation sites (tertiary alicyclic amines) is 1. The van der Waals surface area contributed by atoms with E-state index in [-0.39, 0.29) is 11.5 Å². The normalized spacial score (nSPS) is 22.4. The Kier molecular flexibility index (Phi) is 4.63. The summed E-state index contributed by atoms with van der Waals surface area (Å²) in [6, 6.07) is 6.07. The molecule has 2 aliphatic heterocycles. The number of carbonyl (C=O) groups is 1. The lowest BCUT2D eigenvalue weighted by atomic mass is 9.87. The predicted molar refractivity (Wildman–Crippen MR) is 95.8 cm³/mol. The van der Waals surface area contributed by atoms with Crippen molar-refractivity contribution in [1.29, 1.82) is 0 Å². The number of ether oxygens (including phenoxy) is 1. The summed E-state index contributed by atoms with van der Waals surface area (Å²) < 4.78 is 17.0. The summed E-state index contributed by atoms with van der Waals surface area (Å²) in [4.78, 5) is 16.9. The summed E-state index contributed by atoms with van der Waals surface area (Å²) in [5.41, 5.74) is 0.578. The third-order valence-electron chi connectivity index (χ3n) is 5.85. The Bertz CT molecular complexity index is 744. The summed E-state index contributed by atoms with van der Waals surface area (Å²) in [7, 11) is 2.12. The number of piperidine rings is 1. The van der Waals surface area contributed by atoms with Crippen LogP contribution in [0, 0.1) is 6.92 Å². The van der Waals surface area contributed by atoms with Gasteiger partial charge in [-0.25, -0.2) is 0 Å². The third-order valence-corrected chi connectivity index (χ3v) is 5.85. The molecular weight excluding hydrogens is 332 g/mol. The molecule has 2 aromatic rings. The molecule has 0 unspecified atom stereocenters. The first-order chi connectivity index (χ1) is 12.6. The van der Waals surface area contributed by atoms with Gasteiger partial charge in [-0.3, -0.25) is 9.69 Å². The van der Waals surface area contributed by atoms with Gasteiger partial charge in [-0.1, -0.05) is 0 Å². The van der Waals surface area contributed by atoms with Crippen LogP contribution in [0.3, 0.4) is 0 Å². The van der Waals surface area contributed by atoms with Gasteiger partial charge in [0.25, 0.3) is 5.91 Å². The SMILES string of the molecule is Cc1occc1C(=O)N1CCC2(CC1)C[C@H](N(C)Cc1ccco1)CO2. The van der Waals surface area contributed by atoms with E-state index >= 15 is 0 Å². The van der Waals surface area contributed by atoms with Crippen molar-refractivity contribution >= 4 is 5.91 Å². The smallest absolute Gasteiger partial charge is 0.257 e. The number of hydrogen-bond acceptors (Lipinski definition) is 5. The van der Waals surface area contributed by atoms with E-state index in [9.17, 15) is 4.79 Å². The highest BCUT2D eigenvalue weighted by Crippen LogP contribution is 2.38. The van der Waals surface area contributed by atoms with Crippen molar-refractivity contribution in [3.63, 3.8) is 0 Å². The Morgan fingerprint density at radius 2 is 2.08 bits per heavy atom. The number of carbonyl (C=O) groups excluding carboxylic acids is 1. The first kappa shape index (κ1) is 17.4. The lowest BCUT2D eigenvalue weighted by Crippen LogP contribution is -2.47. The van der Waals surface area contributed by atoms with Crippen LogP contribution in [0.5, 0.6) is 0 Å². The fraction of sp³-hybridized carbons (Fsp3) is 0.550. The monoisotopic (exact) mass is 358 g/mol. The van der Waals surface area contributed by atoms with Crippen LogP contribution in [-0.2, 0) is 11.3 Å². The average molecular weight is 358 g/mol. The molecule has 0 saturated carbocycles. The number of rotatable bonds is 4. The number of likely N-dealkylation sites (N-methyl/N-ethyl adjacent to an activating group) is 1. The van der Waals surface area contributed by atoms with Gasteiger partial charge >= 0.3 is 0 Å². The van der Waals surface area contributed by atoms with Gasteiger partial charge in [0.05, 0.1) is 36.8 Å². The van der Waals surface area contributed by atoms with Crippen molar-refractivity contribution < 1.29 is 18.4 Å². The number of furan rings is 2. The molecule has 6 heteroatoms. The van der Waals surface area contributed by atoms with Crippen molar-refractivity contribution in [2.75, 3.05) is 26.7 Å². The van der Waals surface area contributed by atoms with Crippen LogP contribution in [0.1, 0.15) is 41.1 Å². The summed E-state index contributed by atoms with van der Waals surface area (Å²) >= 11 is 0. The molecule has 26 heavy (non-hydrogen) atoms. The molecule has 0 aliphatic carbocycles. The number of hydrogen-bond donors (Lipinski definition) is 0. The van der Waals surface area contributed by atoms with Gasteiger partial charge in [-0.15, -0.1) is 0 Å². The molecule has 140 valence electrons. The van der Waals surface area contributed by atoms with Crippen LogP contribution in [0.15, 0.2) is 39.6 Å². The zero-order valence-electron chi connectivity index (χ0n) is 15.4. The Labute approximate surface area is 153 Å². The summed E-state index contributed by atoms with van der Waals surface area (Å²) in [5.74, 6) is 1.73. The van der Waals surface area contributed by atoms with E-state index < -0.39 is 0 Å². The van der Waals surface area contributed by atoms with E-state index in [0.29, 0.717) is 17.4 Å². The molecule has 1 amide bonds. The molecule has 0 radical (unpaired) electrons. The maximum atomic E-state index is 12.6. The zero-order valence-corrected chi connectivity index (χ0v) is 15.4. The summed E-state index contributed by atoms with van der Waals surface area (Å²) in [6.07, 6.45) is 6.08. The Hall–Kier alpha value is -2.05. The highest BCUT2D eigenvalue weighted by Gasteiger charge is 2.44. The van der Waals surface area contributed by atoms with Crippen LogP contribution in [-0.4, -0.2) is 54.1 Å². The molecule has 0 aromatic carbocycles. The minimum absolute atomic E-state index is 0.0654. The van der Waals surface area contributed by atoms with Crippen LogP contribution in [0.4, 0.5) is 0 Å². The first-order valence-corrected chi connectivity index (χ1v) is 9.26. The highest BCUT2D eigenvalue weighted by molar-refractivity contribution is 5.95. The van der Waals surface area contributed by atoms with Crippen molar-refractivity contribution in [2.24, 2.45) is 0 Å². The summed E-state index contributed by atoms with van der Waals surface area (Å²) in [5, 5.41) is 0. The molecule has 2 fully saturated rings. The summed E-state index contributed by atoms with van der Waals surface area (Å²) in [6.45, 7) is 4.84. The third kappa shape index (κ3) is 3.31. The number of amides is 1. The van der Waals surface area contributed by atoms with Crippen LogP contribution in [0.25, 0.3) is 0 Å². The minimum atomic E-state index is -0.0929. The van der Waals surface area contributed by atoms with E-state index in [2.05, 4.69) is 11.9 Å². The van der Waals surface area contributed by atoms with E-state index in [4.69, 9.17) is 13.6 Å². The second-order valence-electron chi connectivity index (χ2n) is 7.53. The second-order valence-corrected chi connectivity index (χ2v) is 7.53. The quantitative estimate of drug-likeness (QED) is 0.841. The molecule has 2 aromatic heterocycles. The Balaban J connectivity index is 1.33. The molecule has 2 saturated heterocycles. The number of aryl methyl sites for hydroxylation is 1. The van der Waals surface area contributed by atoms with Gasteiger partial charge in [-0.2, -0.15) is 0 Å². The molecule has 1 spiro atoms. The molecule has 2 aliphatic rings. The van der Waals surface area contributed by atoms with Crippen LogP contribution in [0.2, 0.25) is 0 Å². The van der Waals surface area contributed by atoms with Crippen molar-refractivity contribution in [3.05, 3.63) is 47.8 Å². The minimum Gasteiger partial charge on any atom is -0.469 e. The first-order valence-electron chi connectivity index (χ1n) is 9.26. The molecular formula is C20H26N2O4. The van der Waals surface area contributed by atoms with Crippen molar-refractivity contribution in [2.45, 2.75) is 44.4 Å². The van der Waals surface area contributed by atoms with Gasteiger partial charge in [0.2, 0.25) is 0 Å². The van der Waals surface area contributed by atoms with Gasteiger partial charge < -0.3 is 18.5 Å². The largest absolute Gasteiger partial charge is 0.469 e. The van der Waals surface area contributed by atoms with Crippen molar-refractivity contribution in [1.82, 2.24) is 9.80 Å². The van der Waals surface area contributed by atoms with Gasteiger partial charge in [0.15, 0.2) is 0 Å². The topological polar surface area (TPSA) is 59.1 Å². The molecule has 0 N–H and O–H groups in total. The Morgan fingerprint density at radius 1 is 1.27 bits per heavy atom. The fourth-order valence-corrected chi connectivity index (χ4v) is 4.12. The van der Waals surface area contributed by atoms with Gasteiger partial charge in [0.1, 0.15) is 11.5 Å². The van der Waals surface area contributed by atoms with Crippen LogP contribution >= 0.6 is 0 Å². The van der Waals surface area contributed by atoms with Crippen LogP contribution < -0.4 is 0 Å². The highest BCUT2D eigenvalue weighted by atomic mass is 16.5. The standard InChI is InChI=1S/C20H26N2O4/c1-15-18(5-11-24-15)19(23)22-8-6-20(7-9-22)12-16(14-26-20)21(2)13-17-4-3-10-25-17/h3-5,10-11,16H,6-9,12-14H2,1-2H3/t16-/m0/s1. The Morgan fingerprint density at radius 3 is 2.73 bits per heavy atom. The maximum Gasteiger partial charge on any atom is 0.257 e. The van der Waals surface area contributed by atoms with Gasteiger partial charge in [0, 0.05) is 19.1 Å². The van der Waals surface area contributed by atoms with Gasteiger partial charge in [-0.05, 0) is 51.4 Å². The zero-order chi connectivity index (χ0) is 18.1. The van der Waals surface area contributed by atoms with E-state index in [1.165, 1.54) is 0 Å². The lowest BCUT2D eigenvalue weighted by Gasteiger charge is -2.39. The predicted octanol–water partition coefficient (Wildman–Crippen LogP) is 3.08. The number of nitrogens with zero attached hydrogens (tertiary/aromatic N) is 2. The van der Waals surface area contributed by atoms with E-state index in [0.717, 1.165) is 51.3 Å². The average Bonchev–Trinajstić information content (AvgIpc) is 3.37. The maximum absolute atomic E-state index is 12.6. The van der Waals surface area contributed by atoms with E-state index in [1.54, 1.807) is 18.6 Å². The lowest BCUT2D eigenvalue weighted by molar-refractivity contribution is -0.0393. The van der Waals surface area contributed by atoms with E-state index in [1.807, 2.05) is 24.0 Å². The fourth-order valence-electron chi connectivity index (χ4n) is 4.12. The van der Waals surface area contributed by atoms with Crippen molar-refractivity contribution in [3.8, 4) is 0 Å². The molecule has 0 bridgehead atoms. The molecule has 6 nitrogen and oxygen atoms in total. The molecule has 1 atom stereocenters. The molecule has 4 rings (SSSR count). The molecule has 4 heterocycles. The second kappa shape index (κ2) is 6.93.